The first-order valence-corrected chi connectivity index (χ1v) is 18.9. The van der Waals surface area contributed by atoms with Crippen molar-refractivity contribution in [3.8, 4) is 0 Å². The molecular formula is C29H60O14Si. The van der Waals surface area contributed by atoms with Crippen LogP contribution in [0.2, 0.25) is 19.6 Å². The van der Waals surface area contributed by atoms with E-state index in [2.05, 4.69) is 19.6 Å². The average molecular weight is 661 g/mol. The molecule has 0 aromatic carbocycles. The molecule has 0 spiro atoms. The summed E-state index contributed by atoms with van der Waals surface area (Å²) >= 11 is 0. The van der Waals surface area contributed by atoms with Gasteiger partial charge in [0.25, 0.3) is 0 Å². The van der Waals surface area contributed by atoms with Gasteiger partial charge in [-0.2, -0.15) is 0 Å². The van der Waals surface area contributed by atoms with Crippen molar-refractivity contribution < 1.29 is 66.1 Å². The van der Waals surface area contributed by atoms with E-state index in [4.69, 9.17) is 61.3 Å². The van der Waals surface area contributed by atoms with Gasteiger partial charge in [0, 0.05) is 6.92 Å². The molecule has 0 bridgehead atoms. The molecule has 0 amide bonds. The molecule has 0 aliphatic carbocycles. The molecule has 15 heteroatoms. The first-order valence-electron chi connectivity index (χ1n) is 15.5. The molecular weight excluding hydrogens is 600 g/mol. The molecule has 0 atom stereocenters. The van der Waals surface area contributed by atoms with E-state index < -0.39 is 8.32 Å². The van der Waals surface area contributed by atoms with E-state index >= 15 is 0 Å². The lowest BCUT2D eigenvalue weighted by atomic mass is 10.6. The highest BCUT2D eigenvalue weighted by molar-refractivity contribution is 6.69. The summed E-state index contributed by atoms with van der Waals surface area (Å²) in [5, 5.41) is 0. The molecule has 44 heavy (non-hydrogen) atoms. The first kappa shape index (κ1) is 43.2. The number of carbonyl (C=O) groups is 1. The summed E-state index contributed by atoms with van der Waals surface area (Å²) in [5.74, 6) is -0.311. The molecule has 0 aliphatic rings. The zero-order valence-electron chi connectivity index (χ0n) is 27.7. The topological polar surface area (TPSA) is 137 Å². The van der Waals surface area contributed by atoms with Crippen molar-refractivity contribution >= 4 is 14.3 Å². The Morgan fingerprint density at radius 1 is 0.341 bits per heavy atom. The van der Waals surface area contributed by atoms with Gasteiger partial charge in [0.2, 0.25) is 0 Å². The van der Waals surface area contributed by atoms with Crippen LogP contribution in [0.3, 0.4) is 0 Å². The highest BCUT2D eigenvalue weighted by Gasteiger charge is 2.13. The molecule has 0 heterocycles. The van der Waals surface area contributed by atoms with Gasteiger partial charge in [-0.1, -0.05) is 0 Å². The Morgan fingerprint density at radius 3 is 0.705 bits per heavy atom. The monoisotopic (exact) mass is 660 g/mol. The van der Waals surface area contributed by atoms with Crippen molar-refractivity contribution in [2.24, 2.45) is 0 Å². The fourth-order valence-electron chi connectivity index (χ4n) is 2.95. The van der Waals surface area contributed by atoms with Crippen LogP contribution in [0.15, 0.2) is 0 Å². The molecule has 0 saturated heterocycles. The van der Waals surface area contributed by atoms with Crippen LogP contribution in [0.25, 0.3) is 0 Å². The summed E-state index contributed by atoms with van der Waals surface area (Å²) in [5.41, 5.74) is 0. The number of hydrogen-bond acceptors (Lipinski definition) is 14. The van der Waals surface area contributed by atoms with Crippen LogP contribution in [0, 0.1) is 0 Å². The van der Waals surface area contributed by atoms with Crippen molar-refractivity contribution in [2.45, 2.75) is 26.6 Å². The van der Waals surface area contributed by atoms with Crippen LogP contribution in [0.1, 0.15) is 6.92 Å². The van der Waals surface area contributed by atoms with E-state index in [0.29, 0.717) is 152 Å². The summed E-state index contributed by atoms with van der Waals surface area (Å²) in [6.07, 6.45) is 0. The van der Waals surface area contributed by atoms with Crippen LogP contribution in [0.5, 0.6) is 0 Å². The van der Waals surface area contributed by atoms with Crippen LogP contribution in [-0.4, -0.2) is 173 Å². The van der Waals surface area contributed by atoms with Gasteiger partial charge in [0.1, 0.15) is 6.61 Å². The Morgan fingerprint density at radius 2 is 0.523 bits per heavy atom. The lowest BCUT2D eigenvalue weighted by molar-refractivity contribution is -0.142. The predicted molar refractivity (Wildman–Crippen MR) is 165 cm³/mol. The minimum atomic E-state index is -1.45. The van der Waals surface area contributed by atoms with E-state index in [1.54, 1.807) is 0 Å². The number of esters is 1. The third-order valence-corrected chi connectivity index (χ3v) is 6.09. The molecule has 0 N–H and O–H groups in total. The fraction of sp³-hybridized carbons (Fsp3) is 0.966. The van der Waals surface area contributed by atoms with E-state index in [1.807, 2.05) is 0 Å². The molecule has 0 rings (SSSR count). The second-order valence-electron chi connectivity index (χ2n) is 10.0. The maximum absolute atomic E-state index is 10.6. The largest absolute Gasteiger partial charge is 0.463 e. The molecule has 0 unspecified atom stereocenters. The first-order chi connectivity index (χ1) is 21.4. The van der Waals surface area contributed by atoms with E-state index in [9.17, 15) is 4.79 Å². The molecule has 0 aliphatic heterocycles. The number of ether oxygens (including phenoxy) is 12. The molecule has 0 radical (unpaired) electrons. The van der Waals surface area contributed by atoms with Crippen molar-refractivity contribution in [1.29, 1.82) is 0 Å². The number of carbonyl (C=O) groups excluding carboxylic acids is 1. The van der Waals surface area contributed by atoms with Crippen molar-refractivity contribution in [3.63, 3.8) is 0 Å². The Bertz CT molecular complexity index is 583. The number of rotatable bonds is 37. The maximum atomic E-state index is 10.6. The normalized spacial score (nSPS) is 11.8. The third-order valence-electron chi connectivity index (χ3n) is 5.02. The average Bonchev–Trinajstić information content (AvgIpc) is 2.98. The lowest BCUT2D eigenvalue weighted by Crippen LogP contribution is -2.27. The van der Waals surface area contributed by atoms with Gasteiger partial charge >= 0.3 is 5.97 Å². The quantitative estimate of drug-likeness (QED) is 0.0542. The zero-order valence-corrected chi connectivity index (χ0v) is 28.7. The van der Waals surface area contributed by atoms with Gasteiger partial charge in [-0.15, -0.1) is 0 Å². The van der Waals surface area contributed by atoms with E-state index in [1.165, 1.54) is 6.92 Å². The Balaban J connectivity index is 3.06. The molecule has 0 fully saturated rings. The number of hydrogen-bond donors (Lipinski definition) is 0. The summed E-state index contributed by atoms with van der Waals surface area (Å²) in [6.45, 7) is 19.8. The van der Waals surface area contributed by atoms with Crippen molar-refractivity contribution in [3.05, 3.63) is 0 Å². The minimum Gasteiger partial charge on any atom is -0.463 e. The highest BCUT2D eigenvalue weighted by Crippen LogP contribution is 2.01. The van der Waals surface area contributed by atoms with Crippen molar-refractivity contribution in [2.75, 3.05) is 159 Å². The van der Waals surface area contributed by atoms with E-state index in [-0.39, 0.29) is 12.6 Å². The molecule has 0 saturated carbocycles. The maximum Gasteiger partial charge on any atom is 0.302 e. The smallest absolute Gasteiger partial charge is 0.302 e. The van der Waals surface area contributed by atoms with Crippen LogP contribution in [-0.2, 0) is 66.1 Å². The van der Waals surface area contributed by atoms with Gasteiger partial charge < -0.3 is 61.3 Å². The van der Waals surface area contributed by atoms with Gasteiger partial charge in [0.15, 0.2) is 8.32 Å². The van der Waals surface area contributed by atoms with Crippen LogP contribution < -0.4 is 0 Å². The fourth-order valence-corrected chi connectivity index (χ4v) is 3.65. The Labute approximate surface area is 265 Å². The van der Waals surface area contributed by atoms with E-state index in [0.717, 1.165) is 0 Å². The summed E-state index contributed by atoms with van der Waals surface area (Å²) in [7, 11) is -1.45. The van der Waals surface area contributed by atoms with Crippen molar-refractivity contribution in [1.82, 2.24) is 0 Å². The predicted octanol–water partition coefficient (Wildman–Crippen LogP) is 1.58. The summed E-state index contributed by atoms with van der Waals surface area (Å²) in [4.78, 5) is 10.6. The summed E-state index contributed by atoms with van der Waals surface area (Å²) in [6, 6.07) is 0. The minimum absolute atomic E-state index is 0.258. The van der Waals surface area contributed by atoms with Gasteiger partial charge in [-0.25, -0.2) is 0 Å². The van der Waals surface area contributed by atoms with Gasteiger partial charge in [-0.05, 0) is 19.6 Å². The SMILES string of the molecule is CC(=O)OCCOCCOCCOCCOCCOCCOCCOCCOCCOCCOCCOCCO[Si](C)(C)C. The molecule has 264 valence electrons. The summed E-state index contributed by atoms with van der Waals surface area (Å²) < 4.78 is 70.2. The lowest BCUT2D eigenvalue weighted by Gasteiger charge is -2.16. The van der Waals surface area contributed by atoms with Crippen LogP contribution >= 0.6 is 0 Å². The van der Waals surface area contributed by atoms with Gasteiger partial charge in [-0.3, -0.25) is 4.79 Å². The van der Waals surface area contributed by atoms with Gasteiger partial charge in [0.05, 0.1) is 152 Å². The Hall–Kier alpha value is -0.793. The third kappa shape index (κ3) is 41.2. The highest BCUT2D eigenvalue weighted by atomic mass is 28.4. The molecule has 14 nitrogen and oxygen atoms in total. The second-order valence-corrected chi connectivity index (χ2v) is 14.6. The standard InChI is InChI=1S/C29H60O14Si/c1-29(30)42-27-25-40-23-21-38-19-17-36-15-13-34-11-9-32-7-5-31-6-8-33-10-12-35-14-16-37-18-20-39-22-24-41-26-28-43-44(2,3)4/h5-28H2,1-4H3. The zero-order chi connectivity index (χ0) is 32.2. The molecule has 0 aromatic heterocycles. The Kier molecular flexibility index (Phi) is 34.4. The second kappa shape index (κ2) is 35.1. The molecule has 0 aromatic rings. The van der Waals surface area contributed by atoms with Crippen LogP contribution in [0.4, 0.5) is 0 Å².